The summed E-state index contributed by atoms with van der Waals surface area (Å²) in [4.78, 5) is 31.2. The van der Waals surface area contributed by atoms with Crippen molar-refractivity contribution >= 4 is 29.4 Å². The van der Waals surface area contributed by atoms with Crippen molar-refractivity contribution < 1.29 is 4.79 Å². The molecule has 6 nitrogen and oxygen atoms in total. The normalized spacial score (nSPS) is 26.2. The molecular formula is C28H25N5O. The average molecular weight is 448 g/mol. The summed E-state index contributed by atoms with van der Waals surface area (Å²) < 4.78 is 0. The highest BCUT2D eigenvalue weighted by molar-refractivity contribution is 6.20. The van der Waals surface area contributed by atoms with Crippen molar-refractivity contribution in [2.45, 2.75) is 32.4 Å². The first-order valence-electron chi connectivity index (χ1n) is 11.4. The SMILES string of the molecule is Cc1ccc(C23C=CC(=N2)C=c2ccc([nH]2)=CC2=NC(=CC4NC(=C3)C(C)(C)C4=O)C=C2)cn1. The van der Waals surface area contributed by atoms with Gasteiger partial charge in [-0.05, 0) is 87.6 Å². The van der Waals surface area contributed by atoms with E-state index in [0.717, 1.165) is 44.8 Å². The van der Waals surface area contributed by atoms with Crippen LogP contribution in [0.4, 0.5) is 0 Å². The summed E-state index contributed by atoms with van der Waals surface area (Å²) in [6.45, 7) is 5.89. The number of aliphatic imine (C=N–C) groups is 2. The number of hydrogen-bond acceptors (Lipinski definition) is 5. The second-order valence-electron chi connectivity index (χ2n) is 9.67. The van der Waals surface area contributed by atoms with E-state index >= 15 is 0 Å². The number of fused-ring (bicyclic) bond motifs is 6. The van der Waals surface area contributed by atoms with Gasteiger partial charge in [0, 0.05) is 33.8 Å². The molecule has 1 saturated heterocycles. The minimum Gasteiger partial charge on any atom is -0.375 e. The molecular weight excluding hydrogens is 422 g/mol. The maximum Gasteiger partial charge on any atom is 0.170 e. The van der Waals surface area contributed by atoms with E-state index in [1.165, 1.54) is 0 Å². The molecule has 0 radical (unpaired) electrons. The van der Waals surface area contributed by atoms with Crippen LogP contribution in [0.2, 0.25) is 0 Å². The van der Waals surface area contributed by atoms with E-state index in [-0.39, 0.29) is 5.78 Å². The molecule has 0 amide bonds. The van der Waals surface area contributed by atoms with Gasteiger partial charge in [0.1, 0.15) is 11.6 Å². The van der Waals surface area contributed by atoms with Gasteiger partial charge in [0.25, 0.3) is 0 Å². The van der Waals surface area contributed by atoms with Gasteiger partial charge in [-0.3, -0.25) is 14.8 Å². The highest BCUT2D eigenvalue weighted by Gasteiger charge is 2.45. The van der Waals surface area contributed by atoms with Gasteiger partial charge in [0.15, 0.2) is 5.78 Å². The van der Waals surface area contributed by atoms with Crippen LogP contribution in [-0.4, -0.2) is 33.2 Å². The van der Waals surface area contributed by atoms with Crippen LogP contribution >= 0.6 is 0 Å². The molecule has 34 heavy (non-hydrogen) atoms. The molecule has 0 saturated carbocycles. The van der Waals surface area contributed by atoms with Crippen molar-refractivity contribution in [3.05, 3.63) is 100 Å². The van der Waals surface area contributed by atoms with Crippen molar-refractivity contribution in [2.75, 3.05) is 0 Å². The lowest BCUT2D eigenvalue weighted by Crippen LogP contribution is -2.27. The second-order valence-corrected chi connectivity index (χ2v) is 9.67. The largest absolute Gasteiger partial charge is 0.375 e. The number of H-pyrrole nitrogens is 1. The number of nitrogens with one attached hydrogen (secondary N) is 2. The van der Waals surface area contributed by atoms with Crippen LogP contribution in [0.1, 0.15) is 25.1 Å². The van der Waals surface area contributed by atoms with E-state index < -0.39 is 17.0 Å². The fraction of sp³-hybridized carbons (Fsp3) is 0.214. The number of carbonyl (C=O) groups excluding carboxylic acids is 1. The van der Waals surface area contributed by atoms with Crippen LogP contribution in [0.3, 0.4) is 0 Å². The number of ketones is 1. The second kappa shape index (κ2) is 7.22. The summed E-state index contributed by atoms with van der Waals surface area (Å²) in [6, 6.07) is 7.65. The molecule has 2 aromatic heterocycles. The molecule has 6 heteroatoms. The molecule has 0 aromatic carbocycles. The summed E-state index contributed by atoms with van der Waals surface area (Å²) in [7, 11) is 0. The van der Waals surface area contributed by atoms with E-state index in [1.54, 1.807) is 0 Å². The number of hydrogen-bond donors (Lipinski definition) is 2. The number of Topliss-reactive ketones (excluding diaryl/α,β-unsaturated/α-hetero) is 1. The van der Waals surface area contributed by atoms with Crippen molar-refractivity contribution in [2.24, 2.45) is 15.4 Å². The Balaban J connectivity index is 1.60. The molecule has 2 unspecified atom stereocenters. The van der Waals surface area contributed by atoms with Gasteiger partial charge in [-0.1, -0.05) is 6.07 Å². The molecule has 6 rings (SSSR count). The van der Waals surface area contributed by atoms with E-state index in [1.807, 2.05) is 81.6 Å². The number of nitrogens with zero attached hydrogens (tertiary/aromatic N) is 3. The minimum absolute atomic E-state index is 0.111. The van der Waals surface area contributed by atoms with E-state index in [9.17, 15) is 4.79 Å². The van der Waals surface area contributed by atoms with E-state index in [2.05, 4.69) is 38.5 Å². The summed E-state index contributed by atoms with van der Waals surface area (Å²) >= 11 is 0. The molecule has 4 aliphatic rings. The Morgan fingerprint density at radius 3 is 2.53 bits per heavy atom. The van der Waals surface area contributed by atoms with Gasteiger partial charge in [0.05, 0.1) is 22.5 Å². The fourth-order valence-electron chi connectivity index (χ4n) is 4.76. The predicted molar refractivity (Wildman–Crippen MR) is 135 cm³/mol. The Bertz CT molecular complexity index is 1530. The zero-order valence-corrected chi connectivity index (χ0v) is 19.3. The third-order valence-electron chi connectivity index (χ3n) is 6.80. The van der Waals surface area contributed by atoms with Crippen molar-refractivity contribution in [1.82, 2.24) is 15.3 Å². The third-order valence-corrected chi connectivity index (χ3v) is 6.80. The summed E-state index contributed by atoms with van der Waals surface area (Å²) in [5, 5.41) is 5.38. The van der Waals surface area contributed by atoms with Gasteiger partial charge in [-0.15, -0.1) is 0 Å². The van der Waals surface area contributed by atoms with Crippen molar-refractivity contribution in [1.29, 1.82) is 0 Å². The molecule has 4 aliphatic heterocycles. The Kier molecular flexibility index (Phi) is 4.36. The lowest BCUT2D eigenvalue weighted by Gasteiger charge is -2.25. The molecule has 1 fully saturated rings. The number of allylic oxidation sites excluding steroid dienone is 4. The summed E-state index contributed by atoms with van der Waals surface area (Å²) in [6.07, 6.45) is 17.9. The van der Waals surface area contributed by atoms with Crippen LogP contribution in [-0.2, 0) is 10.3 Å². The average Bonchev–Trinajstić information content (AvgIpc) is 3.57. The molecule has 6 heterocycles. The summed E-state index contributed by atoms with van der Waals surface area (Å²) in [5.41, 5.74) is 3.76. The van der Waals surface area contributed by atoms with Crippen LogP contribution in [0.5, 0.6) is 0 Å². The van der Waals surface area contributed by atoms with Crippen LogP contribution < -0.4 is 16.0 Å². The first kappa shape index (κ1) is 20.5. The molecule has 2 aromatic rings. The number of aromatic amines is 1. The van der Waals surface area contributed by atoms with Crippen LogP contribution in [0, 0.1) is 12.3 Å². The number of aromatic nitrogens is 2. The number of rotatable bonds is 1. The Morgan fingerprint density at radius 1 is 0.971 bits per heavy atom. The summed E-state index contributed by atoms with van der Waals surface area (Å²) in [5.74, 6) is 0.111. The molecule has 168 valence electrons. The minimum atomic E-state index is -0.758. The standard InChI is InChI=1S/C28H25N5O/c1-17-4-5-18(16-29-17)28-11-10-23(33-28)13-21-7-6-19(30-21)12-20-8-9-22(31-20)14-24-26(34)27(2,3)25(15-28)32-24/h4-16,24,30,32H,1-3H3. The van der Waals surface area contributed by atoms with E-state index in [4.69, 9.17) is 4.99 Å². The highest BCUT2D eigenvalue weighted by Crippen LogP contribution is 2.41. The lowest BCUT2D eigenvalue weighted by molar-refractivity contribution is -0.123. The van der Waals surface area contributed by atoms with Crippen molar-refractivity contribution in [3.8, 4) is 0 Å². The molecule has 8 bridgehead atoms. The third kappa shape index (κ3) is 3.34. The zero-order valence-electron chi connectivity index (χ0n) is 19.3. The van der Waals surface area contributed by atoms with E-state index in [0.29, 0.717) is 0 Å². The monoisotopic (exact) mass is 447 g/mol. The smallest absolute Gasteiger partial charge is 0.170 e. The number of aryl methyl sites for hydroxylation is 1. The Hall–Kier alpha value is -4.06. The quantitative estimate of drug-likeness (QED) is 0.705. The first-order chi connectivity index (χ1) is 16.3. The zero-order chi connectivity index (χ0) is 23.5. The molecule has 0 spiro atoms. The maximum absolute atomic E-state index is 13.4. The van der Waals surface area contributed by atoms with Crippen molar-refractivity contribution in [3.63, 3.8) is 0 Å². The van der Waals surface area contributed by atoms with Gasteiger partial charge in [-0.2, -0.15) is 0 Å². The topological polar surface area (TPSA) is 82.5 Å². The van der Waals surface area contributed by atoms with Gasteiger partial charge < -0.3 is 10.3 Å². The van der Waals surface area contributed by atoms with Gasteiger partial charge >= 0.3 is 0 Å². The maximum atomic E-state index is 13.4. The number of carbonyl (C=O) groups is 1. The first-order valence-corrected chi connectivity index (χ1v) is 11.4. The van der Waals surface area contributed by atoms with Crippen LogP contribution in [0.15, 0.2) is 88.3 Å². The number of pyridine rings is 1. The molecule has 2 atom stereocenters. The fourth-order valence-corrected chi connectivity index (χ4v) is 4.76. The Morgan fingerprint density at radius 2 is 1.76 bits per heavy atom. The predicted octanol–water partition coefficient (Wildman–Crippen LogP) is 2.54. The molecule has 0 aliphatic carbocycles. The lowest BCUT2D eigenvalue weighted by atomic mass is 9.82. The highest BCUT2D eigenvalue weighted by atomic mass is 16.1. The van der Waals surface area contributed by atoms with Gasteiger partial charge in [-0.25, -0.2) is 4.99 Å². The van der Waals surface area contributed by atoms with Crippen LogP contribution in [0.25, 0.3) is 12.2 Å². The molecule has 2 N–H and O–H groups in total. The van der Waals surface area contributed by atoms with Gasteiger partial charge in [0.2, 0.25) is 0 Å². The Labute approximate surface area is 197 Å².